The van der Waals surface area contributed by atoms with Gasteiger partial charge < -0.3 is 29.2 Å². The van der Waals surface area contributed by atoms with Gasteiger partial charge in [-0.05, 0) is 67.7 Å². The molecule has 11 heteroatoms. The van der Waals surface area contributed by atoms with Crippen molar-refractivity contribution < 1.29 is 53.1 Å². The van der Waals surface area contributed by atoms with Gasteiger partial charge in [0.05, 0.1) is 29.8 Å². The van der Waals surface area contributed by atoms with E-state index in [2.05, 4.69) is 11.3 Å². The molecule has 0 amide bonds. The lowest BCUT2D eigenvalue weighted by Gasteiger charge is -2.21. The Labute approximate surface area is 239 Å². The van der Waals surface area contributed by atoms with Crippen molar-refractivity contribution in [3.8, 4) is 0 Å². The van der Waals surface area contributed by atoms with Gasteiger partial charge in [0.2, 0.25) is 0 Å². The Bertz CT molecular complexity index is 826. The van der Waals surface area contributed by atoms with Crippen molar-refractivity contribution in [1.29, 1.82) is 0 Å². The molecule has 40 heavy (non-hydrogen) atoms. The van der Waals surface area contributed by atoms with Crippen molar-refractivity contribution in [2.75, 3.05) is 26.9 Å². The summed E-state index contributed by atoms with van der Waals surface area (Å²) in [5.41, 5.74) is -1.15. The lowest BCUT2D eigenvalue weighted by molar-refractivity contribution is -0.159. The van der Waals surface area contributed by atoms with Gasteiger partial charge in [0, 0.05) is 5.57 Å². The van der Waals surface area contributed by atoms with E-state index in [1.165, 1.54) is 14.0 Å². The average molecular weight is 577 g/mol. The average Bonchev–Trinajstić information content (AvgIpc) is 2.89. The van der Waals surface area contributed by atoms with Gasteiger partial charge in [-0.2, -0.15) is 0 Å². The van der Waals surface area contributed by atoms with Crippen LogP contribution in [-0.4, -0.2) is 73.1 Å². The summed E-state index contributed by atoms with van der Waals surface area (Å²) in [4.78, 5) is 54.9. The first kappa shape index (κ1) is 41.5. The molecule has 0 saturated carbocycles. The monoisotopic (exact) mass is 576 g/mol. The van der Waals surface area contributed by atoms with Gasteiger partial charge in [0.15, 0.2) is 0 Å². The molecule has 0 heterocycles. The Morgan fingerprint density at radius 1 is 0.725 bits per heavy atom. The number of esters is 4. The van der Waals surface area contributed by atoms with Crippen LogP contribution >= 0.6 is 0 Å². The molecule has 0 aromatic carbocycles. The minimum atomic E-state index is -1.02. The molecule has 0 aliphatic carbocycles. The van der Waals surface area contributed by atoms with E-state index in [1.54, 1.807) is 27.7 Å². The predicted octanol–water partition coefficient (Wildman–Crippen LogP) is 4.48. The number of carbonyl (C=O) groups is 5. The second-order valence-electron chi connectivity index (χ2n) is 11.1. The Balaban J connectivity index is -0.000000546. The first-order chi connectivity index (χ1) is 18.1. The molecule has 0 aromatic heterocycles. The summed E-state index contributed by atoms with van der Waals surface area (Å²) in [7, 11) is 1.42. The van der Waals surface area contributed by atoms with Gasteiger partial charge in [-0.25, -0.2) is 4.79 Å². The Morgan fingerprint density at radius 3 is 1.43 bits per heavy atom. The predicted molar refractivity (Wildman–Crippen MR) is 150 cm³/mol. The van der Waals surface area contributed by atoms with Gasteiger partial charge in [-0.1, -0.05) is 27.4 Å². The molecule has 0 saturated heterocycles. The highest BCUT2D eigenvalue weighted by molar-refractivity contribution is 5.86. The van der Waals surface area contributed by atoms with Crippen LogP contribution in [0, 0.1) is 16.2 Å². The van der Waals surface area contributed by atoms with E-state index in [4.69, 9.17) is 19.3 Å². The Kier molecular flexibility index (Phi) is 20.8. The molecule has 0 aliphatic heterocycles. The van der Waals surface area contributed by atoms with Crippen LogP contribution in [0.4, 0.5) is 0 Å². The van der Waals surface area contributed by atoms with Crippen molar-refractivity contribution in [2.24, 2.45) is 16.2 Å². The molecule has 1 atom stereocenters. The van der Waals surface area contributed by atoms with Crippen LogP contribution in [0.5, 0.6) is 0 Å². The van der Waals surface area contributed by atoms with Crippen LogP contribution in [0.1, 0.15) is 94.9 Å². The van der Waals surface area contributed by atoms with Crippen LogP contribution < -0.4 is 0 Å². The molecule has 0 aromatic rings. The summed E-state index contributed by atoms with van der Waals surface area (Å²) in [6, 6.07) is 0. The number of rotatable bonds is 14. The molecule has 1 unspecified atom stereocenters. The first-order valence-electron chi connectivity index (χ1n) is 13.3. The minimum Gasteiger partial charge on any atom is -0.481 e. The van der Waals surface area contributed by atoms with Crippen LogP contribution in [0.15, 0.2) is 12.2 Å². The molecule has 0 radical (unpaired) electrons. The van der Waals surface area contributed by atoms with Crippen LogP contribution in [0.2, 0.25) is 0 Å². The fourth-order valence-electron chi connectivity index (χ4n) is 1.85. The highest BCUT2D eigenvalue weighted by Gasteiger charge is 2.28. The molecule has 234 valence electrons. The summed E-state index contributed by atoms with van der Waals surface area (Å²) in [5, 5.41) is 17.8. The highest BCUT2D eigenvalue weighted by atomic mass is 16.6. The summed E-state index contributed by atoms with van der Waals surface area (Å²) < 4.78 is 19.0. The molecular formula is C29H52O11. The van der Waals surface area contributed by atoms with Crippen molar-refractivity contribution in [2.45, 2.75) is 101 Å². The quantitative estimate of drug-likeness (QED) is 0.170. The van der Waals surface area contributed by atoms with E-state index in [0.29, 0.717) is 12.8 Å². The second kappa shape index (κ2) is 20.0. The number of carboxylic acid groups (broad SMARTS) is 1. The van der Waals surface area contributed by atoms with Gasteiger partial charge in [-0.3, -0.25) is 19.2 Å². The molecular weight excluding hydrogens is 524 g/mol. The van der Waals surface area contributed by atoms with Crippen molar-refractivity contribution in [3.05, 3.63) is 12.2 Å². The smallest absolute Gasteiger partial charge is 0.333 e. The van der Waals surface area contributed by atoms with E-state index in [-0.39, 0.29) is 55.1 Å². The van der Waals surface area contributed by atoms with E-state index in [0.717, 1.165) is 6.42 Å². The number of aliphatic carboxylic acids is 1. The summed E-state index contributed by atoms with van der Waals surface area (Å²) >= 11 is 0. The zero-order valence-electron chi connectivity index (χ0n) is 26.3. The van der Waals surface area contributed by atoms with E-state index in [9.17, 15) is 29.1 Å². The fraction of sp³-hybridized carbons (Fsp3) is 0.759. The Hall–Kier alpha value is -2.95. The van der Waals surface area contributed by atoms with Crippen LogP contribution in [0.25, 0.3) is 0 Å². The standard InChI is InChI=1S/C13H22O5.C9H16O4.C7H14O2/c1-6-13(4,5)12(16)18-8-10(14)7-17-11(15)9(2)3;1-4-9(2,3)8(12)13-6-5-7(10)11;1-5-7(2,3)6(8)9-4/h10,14H,2,6-8H2,1,3-5H3;4-6H2,1-3H3,(H,10,11);5H2,1-4H3. The number of hydrogen-bond acceptors (Lipinski definition) is 10. The molecule has 0 rings (SSSR count). The maximum atomic E-state index is 11.6. The number of carboxylic acids is 1. The zero-order chi connectivity index (χ0) is 32.3. The second-order valence-corrected chi connectivity index (χ2v) is 11.1. The third kappa shape index (κ3) is 19.2. The zero-order valence-corrected chi connectivity index (χ0v) is 26.3. The third-order valence-corrected chi connectivity index (χ3v) is 6.21. The lowest BCUT2D eigenvalue weighted by Crippen LogP contribution is -2.31. The lowest BCUT2D eigenvalue weighted by atomic mass is 9.91. The van der Waals surface area contributed by atoms with E-state index < -0.39 is 28.9 Å². The Morgan fingerprint density at radius 2 is 1.10 bits per heavy atom. The number of carbonyl (C=O) groups excluding carboxylic acids is 4. The topological polar surface area (TPSA) is 163 Å². The third-order valence-electron chi connectivity index (χ3n) is 6.21. The number of aliphatic hydroxyl groups excluding tert-OH is 1. The fourth-order valence-corrected chi connectivity index (χ4v) is 1.85. The van der Waals surface area contributed by atoms with Crippen LogP contribution in [0.3, 0.4) is 0 Å². The van der Waals surface area contributed by atoms with Gasteiger partial charge in [-0.15, -0.1) is 0 Å². The van der Waals surface area contributed by atoms with Gasteiger partial charge >= 0.3 is 29.8 Å². The largest absolute Gasteiger partial charge is 0.481 e. The summed E-state index contributed by atoms with van der Waals surface area (Å²) in [6.45, 7) is 21.0. The maximum absolute atomic E-state index is 11.6. The minimum absolute atomic E-state index is 0.0441. The van der Waals surface area contributed by atoms with Crippen molar-refractivity contribution >= 4 is 29.8 Å². The normalized spacial score (nSPS) is 11.8. The van der Waals surface area contributed by atoms with E-state index >= 15 is 0 Å². The van der Waals surface area contributed by atoms with Crippen molar-refractivity contribution in [3.63, 3.8) is 0 Å². The molecule has 0 fully saturated rings. The van der Waals surface area contributed by atoms with Crippen LogP contribution in [-0.2, 0) is 42.9 Å². The molecule has 11 nitrogen and oxygen atoms in total. The maximum Gasteiger partial charge on any atom is 0.333 e. The molecule has 0 aliphatic rings. The number of methoxy groups -OCH3 is 1. The molecule has 2 N–H and O–H groups in total. The van der Waals surface area contributed by atoms with Gasteiger partial charge in [0.1, 0.15) is 25.9 Å². The molecule has 0 bridgehead atoms. The number of hydrogen-bond donors (Lipinski definition) is 2. The number of ether oxygens (including phenoxy) is 4. The number of aliphatic hydroxyl groups is 1. The van der Waals surface area contributed by atoms with Crippen molar-refractivity contribution in [1.82, 2.24) is 0 Å². The highest BCUT2D eigenvalue weighted by Crippen LogP contribution is 2.22. The van der Waals surface area contributed by atoms with E-state index in [1.807, 2.05) is 34.6 Å². The SMILES string of the molecule is C=C(C)C(=O)OCC(O)COC(=O)C(C)(C)CC.CCC(C)(C)C(=O)OC.CCC(C)(C)C(=O)OCCC(=O)O. The van der Waals surface area contributed by atoms with Gasteiger partial charge in [0.25, 0.3) is 0 Å². The summed E-state index contributed by atoms with van der Waals surface area (Å²) in [6.07, 6.45) is 0.987. The molecule has 0 spiro atoms. The summed E-state index contributed by atoms with van der Waals surface area (Å²) in [5.74, 6) is -2.38. The first-order valence-corrected chi connectivity index (χ1v) is 13.3.